The molecule has 0 aliphatic heterocycles. The van der Waals surface area contributed by atoms with Crippen molar-refractivity contribution in [3.05, 3.63) is 59.2 Å². The van der Waals surface area contributed by atoms with Crippen molar-refractivity contribution in [2.24, 2.45) is 0 Å². The number of hydrogen-bond acceptors (Lipinski definition) is 2. The van der Waals surface area contributed by atoms with Crippen molar-refractivity contribution in [3.63, 3.8) is 0 Å². The predicted molar refractivity (Wildman–Crippen MR) is 85.3 cm³/mol. The minimum atomic E-state index is 0.142. The van der Waals surface area contributed by atoms with Crippen LogP contribution in [-0.2, 0) is 12.0 Å². The van der Waals surface area contributed by atoms with Gasteiger partial charge in [-0.05, 0) is 36.1 Å². The molecule has 0 aliphatic rings. The lowest BCUT2D eigenvalue weighted by atomic mass is 9.87. The van der Waals surface area contributed by atoms with Crippen LogP contribution < -0.4 is 5.32 Å². The van der Waals surface area contributed by atoms with E-state index < -0.39 is 0 Å². The van der Waals surface area contributed by atoms with Gasteiger partial charge in [-0.2, -0.15) is 0 Å². The minimum absolute atomic E-state index is 0.142. The van der Waals surface area contributed by atoms with Crippen molar-refractivity contribution in [1.29, 1.82) is 0 Å². The van der Waals surface area contributed by atoms with Gasteiger partial charge in [-0.25, -0.2) is 0 Å². The van der Waals surface area contributed by atoms with Crippen LogP contribution in [0.4, 0.5) is 5.69 Å². The van der Waals surface area contributed by atoms with E-state index >= 15 is 0 Å². The highest BCUT2D eigenvalue weighted by atomic mass is 16.3. The van der Waals surface area contributed by atoms with Crippen molar-refractivity contribution in [3.8, 4) is 5.75 Å². The zero-order valence-electron chi connectivity index (χ0n) is 12.7. The number of phenols is 1. The second kappa shape index (κ2) is 5.58. The van der Waals surface area contributed by atoms with Gasteiger partial charge in [0.1, 0.15) is 5.75 Å². The Kier molecular flexibility index (Phi) is 4.03. The van der Waals surface area contributed by atoms with Crippen LogP contribution in [0.1, 0.15) is 37.5 Å². The second-order valence-corrected chi connectivity index (χ2v) is 6.32. The van der Waals surface area contributed by atoms with Gasteiger partial charge in [0.25, 0.3) is 0 Å². The van der Waals surface area contributed by atoms with Crippen molar-refractivity contribution >= 4 is 5.69 Å². The summed E-state index contributed by atoms with van der Waals surface area (Å²) in [6.07, 6.45) is 0. The largest absolute Gasteiger partial charge is 0.508 e. The normalized spacial score (nSPS) is 11.4. The van der Waals surface area contributed by atoms with E-state index in [-0.39, 0.29) is 5.41 Å². The SMILES string of the molecule is Cc1ccc(O)c(CNc2cccc(C(C)(C)C)c2)c1. The first-order valence-electron chi connectivity index (χ1n) is 6.99. The number of nitrogens with one attached hydrogen (secondary N) is 1. The van der Waals surface area contributed by atoms with E-state index in [0.29, 0.717) is 12.3 Å². The van der Waals surface area contributed by atoms with E-state index in [1.54, 1.807) is 6.07 Å². The maximum Gasteiger partial charge on any atom is 0.120 e. The first kappa shape index (κ1) is 14.4. The molecular weight excluding hydrogens is 246 g/mol. The van der Waals surface area contributed by atoms with Gasteiger partial charge in [0.2, 0.25) is 0 Å². The molecule has 2 rings (SSSR count). The van der Waals surface area contributed by atoms with Crippen LogP contribution in [0.15, 0.2) is 42.5 Å². The van der Waals surface area contributed by atoms with Crippen LogP contribution in [0.2, 0.25) is 0 Å². The number of hydrogen-bond donors (Lipinski definition) is 2. The molecule has 2 aromatic carbocycles. The molecule has 106 valence electrons. The average Bonchev–Trinajstić information content (AvgIpc) is 2.39. The summed E-state index contributed by atoms with van der Waals surface area (Å²) in [4.78, 5) is 0. The maximum absolute atomic E-state index is 9.86. The van der Waals surface area contributed by atoms with Gasteiger partial charge in [-0.1, -0.05) is 50.6 Å². The number of benzene rings is 2. The first-order chi connectivity index (χ1) is 9.36. The lowest BCUT2D eigenvalue weighted by Gasteiger charge is -2.20. The molecule has 0 radical (unpaired) electrons. The summed E-state index contributed by atoms with van der Waals surface area (Å²) < 4.78 is 0. The zero-order valence-corrected chi connectivity index (χ0v) is 12.7. The van der Waals surface area contributed by atoms with E-state index in [1.807, 2.05) is 19.1 Å². The average molecular weight is 269 g/mol. The fourth-order valence-electron chi connectivity index (χ4n) is 2.15. The molecule has 2 N–H and O–H groups in total. The Morgan fingerprint density at radius 2 is 1.80 bits per heavy atom. The summed E-state index contributed by atoms with van der Waals surface area (Å²) in [5.74, 6) is 0.343. The Morgan fingerprint density at radius 3 is 2.50 bits per heavy atom. The highest BCUT2D eigenvalue weighted by molar-refractivity contribution is 5.49. The van der Waals surface area contributed by atoms with Gasteiger partial charge in [-0.15, -0.1) is 0 Å². The molecule has 0 saturated carbocycles. The van der Waals surface area contributed by atoms with Crippen molar-refractivity contribution in [2.75, 3.05) is 5.32 Å². The Bertz CT molecular complexity index is 597. The fourth-order valence-corrected chi connectivity index (χ4v) is 2.15. The molecule has 0 fully saturated rings. The smallest absolute Gasteiger partial charge is 0.120 e. The van der Waals surface area contributed by atoms with E-state index in [0.717, 1.165) is 16.8 Å². The molecule has 0 saturated heterocycles. The van der Waals surface area contributed by atoms with E-state index in [9.17, 15) is 5.11 Å². The summed E-state index contributed by atoms with van der Waals surface area (Å²) in [5, 5.41) is 13.2. The lowest BCUT2D eigenvalue weighted by molar-refractivity contribution is 0.469. The summed E-state index contributed by atoms with van der Waals surface area (Å²) in [5.41, 5.74) is 4.60. The quantitative estimate of drug-likeness (QED) is 0.852. The van der Waals surface area contributed by atoms with Crippen molar-refractivity contribution in [1.82, 2.24) is 0 Å². The first-order valence-corrected chi connectivity index (χ1v) is 6.99. The highest BCUT2D eigenvalue weighted by Gasteiger charge is 2.13. The van der Waals surface area contributed by atoms with Gasteiger partial charge in [0.15, 0.2) is 0 Å². The Hall–Kier alpha value is -1.96. The molecule has 0 aliphatic carbocycles. The van der Waals surface area contributed by atoms with Crippen LogP contribution in [0, 0.1) is 6.92 Å². The van der Waals surface area contributed by atoms with Crippen molar-refractivity contribution in [2.45, 2.75) is 39.7 Å². The summed E-state index contributed by atoms with van der Waals surface area (Å²) in [6, 6.07) is 14.1. The maximum atomic E-state index is 9.86. The molecule has 2 heteroatoms. The molecule has 2 nitrogen and oxygen atoms in total. The van der Waals surface area contributed by atoms with Crippen LogP contribution in [0.25, 0.3) is 0 Å². The summed E-state index contributed by atoms with van der Waals surface area (Å²) in [7, 11) is 0. The molecule has 0 bridgehead atoms. The minimum Gasteiger partial charge on any atom is -0.508 e. The molecule has 0 spiro atoms. The Labute approximate surface area is 121 Å². The van der Waals surface area contributed by atoms with Gasteiger partial charge >= 0.3 is 0 Å². The molecule has 2 aromatic rings. The third-order valence-corrected chi connectivity index (χ3v) is 3.45. The number of anilines is 1. The number of rotatable bonds is 3. The van der Waals surface area contributed by atoms with Crippen LogP contribution in [-0.4, -0.2) is 5.11 Å². The zero-order chi connectivity index (χ0) is 14.8. The lowest BCUT2D eigenvalue weighted by Crippen LogP contribution is -2.11. The Balaban J connectivity index is 2.13. The molecule has 0 heterocycles. The monoisotopic (exact) mass is 269 g/mol. The number of aryl methyl sites for hydroxylation is 1. The van der Waals surface area contributed by atoms with Gasteiger partial charge < -0.3 is 10.4 Å². The van der Waals surface area contributed by atoms with E-state index in [4.69, 9.17) is 0 Å². The summed E-state index contributed by atoms with van der Waals surface area (Å²) in [6.45, 7) is 9.28. The molecular formula is C18H23NO. The van der Waals surface area contributed by atoms with Crippen LogP contribution in [0.3, 0.4) is 0 Å². The highest BCUT2D eigenvalue weighted by Crippen LogP contribution is 2.25. The number of phenolic OH excluding ortho intramolecular Hbond substituents is 1. The predicted octanol–water partition coefficient (Wildman–Crippen LogP) is 4.61. The third-order valence-electron chi connectivity index (χ3n) is 3.45. The van der Waals surface area contributed by atoms with Gasteiger partial charge in [-0.3, -0.25) is 0 Å². The van der Waals surface area contributed by atoms with Crippen molar-refractivity contribution < 1.29 is 5.11 Å². The van der Waals surface area contributed by atoms with Crippen LogP contribution in [0.5, 0.6) is 5.75 Å². The number of aromatic hydroxyl groups is 1. The third kappa shape index (κ3) is 3.53. The molecule has 0 atom stereocenters. The molecule has 0 aromatic heterocycles. The van der Waals surface area contributed by atoms with E-state index in [2.05, 4.69) is 50.4 Å². The topological polar surface area (TPSA) is 32.3 Å². The van der Waals surface area contributed by atoms with Gasteiger partial charge in [0.05, 0.1) is 0 Å². The van der Waals surface area contributed by atoms with E-state index in [1.165, 1.54) is 5.56 Å². The van der Waals surface area contributed by atoms with Crippen LogP contribution >= 0.6 is 0 Å². The Morgan fingerprint density at radius 1 is 1.05 bits per heavy atom. The molecule has 20 heavy (non-hydrogen) atoms. The molecule has 0 unspecified atom stereocenters. The second-order valence-electron chi connectivity index (χ2n) is 6.32. The molecule has 0 amide bonds. The summed E-state index contributed by atoms with van der Waals surface area (Å²) >= 11 is 0. The van der Waals surface area contributed by atoms with Gasteiger partial charge in [0, 0.05) is 17.8 Å². The fraction of sp³-hybridized carbons (Fsp3) is 0.333. The standard InChI is InChI=1S/C18H23NO/c1-13-8-9-17(20)14(10-13)12-19-16-7-5-6-15(11-16)18(2,3)4/h5-11,19-20H,12H2,1-4H3.